The molecule has 2 N–H and O–H groups in total. The number of carboxylic acid groups (broad SMARTS) is 1. The van der Waals surface area contributed by atoms with Gasteiger partial charge in [-0.3, -0.25) is 4.79 Å². The minimum Gasteiger partial charge on any atom is -0.480 e. The van der Waals surface area contributed by atoms with Crippen LogP contribution in [0.2, 0.25) is 0 Å². The zero-order valence-electron chi connectivity index (χ0n) is 13.2. The fourth-order valence-electron chi connectivity index (χ4n) is 1.53. The number of hydrogen-bond donors (Lipinski definition) is 2. The molecular weight excluding hydrogens is 260 g/mol. The molecule has 0 aliphatic rings. The number of nitrogens with one attached hydrogen (secondary N) is 1. The Labute approximate surface area is 121 Å². The van der Waals surface area contributed by atoms with Gasteiger partial charge in [-0.2, -0.15) is 0 Å². The molecule has 0 atom stereocenters. The maximum absolute atomic E-state index is 12.0. The van der Waals surface area contributed by atoms with E-state index in [9.17, 15) is 9.59 Å². The molecule has 0 aromatic rings. The van der Waals surface area contributed by atoms with E-state index in [2.05, 4.69) is 19.2 Å². The van der Waals surface area contributed by atoms with Crippen molar-refractivity contribution in [3.05, 3.63) is 0 Å². The SMILES string of the molecule is CC(C)COCCCNC(=O)N(CC(=O)O)C(C)(C)C. The molecule has 0 radical (unpaired) electrons. The molecule has 20 heavy (non-hydrogen) atoms. The van der Waals surface area contributed by atoms with Gasteiger partial charge in [-0.25, -0.2) is 4.79 Å². The third-order valence-corrected chi connectivity index (χ3v) is 2.54. The minimum atomic E-state index is -1.02. The lowest BCUT2D eigenvalue weighted by atomic mass is 10.1. The average molecular weight is 288 g/mol. The highest BCUT2D eigenvalue weighted by molar-refractivity contribution is 5.80. The third-order valence-electron chi connectivity index (χ3n) is 2.54. The molecule has 0 aromatic heterocycles. The van der Waals surface area contributed by atoms with Crippen LogP contribution in [0.4, 0.5) is 4.79 Å². The lowest BCUT2D eigenvalue weighted by Crippen LogP contribution is -2.52. The van der Waals surface area contributed by atoms with Crippen LogP contribution in [0.3, 0.4) is 0 Å². The average Bonchev–Trinajstić information content (AvgIpc) is 2.28. The van der Waals surface area contributed by atoms with Crippen LogP contribution in [0.25, 0.3) is 0 Å². The molecule has 118 valence electrons. The Hall–Kier alpha value is -1.30. The summed E-state index contributed by atoms with van der Waals surface area (Å²) >= 11 is 0. The number of carbonyl (C=O) groups excluding carboxylic acids is 1. The Balaban J connectivity index is 4.06. The summed E-state index contributed by atoms with van der Waals surface area (Å²) in [6.07, 6.45) is 0.712. The second-order valence-electron chi connectivity index (χ2n) is 6.20. The van der Waals surface area contributed by atoms with Crippen molar-refractivity contribution in [1.29, 1.82) is 0 Å². The van der Waals surface area contributed by atoms with Crippen LogP contribution in [-0.2, 0) is 9.53 Å². The quantitative estimate of drug-likeness (QED) is 0.669. The smallest absolute Gasteiger partial charge is 0.323 e. The first-order valence-corrected chi connectivity index (χ1v) is 6.99. The third kappa shape index (κ3) is 8.74. The van der Waals surface area contributed by atoms with Gasteiger partial charge in [-0.05, 0) is 33.1 Å². The summed E-state index contributed by atoms with van der Waals surface area (Å²) < 4.78 is 5.41. The van der Waals surface area contributed by atoms with Crippen molar-refractivity contribution in [3.63, 3.8) is 0 Å². The van der Waals surface area contributed by atoms with Crippen LogP contribution < -0.4 is 5.32 Å². The van der Waals surface area contributed by atoms with Crippen LogP contribution in [-0.4, -0.2) is 53.8 Å². The summed E-state index contributed by atoms with van der Waals surface area (Å²) in [5.41, 5.74) is -0.531. The number of nitrogens with zero attached hydrogens (tertiary/aromatic N) is 1. The highest BCUT2D eigenvalue weighted by atomic mass is 16.5. The van der Waals surface area contributed by atoms with Gasteiger partial charge in [0.25, 0.3) is 0 Å². The van der Waals surface area contributed by atoms with E-state index in [1.54, 1.807) is 20.8 Å². The molecule has 0 saturated carbocycles. The number of ether oxygens (including phenoxy) is 1. The molecule has 6 nitrogen and oxygen atoms in total. The van der Waals surface area contributed by atoms with Crippen LogP contribution >= 0.6 is 0 Å². The molecule has 0 fully saturated rings. The van der Waals surface area contributed by atoms with E-state index in [-0.39, 0.29) is 12.6 Å². The fourth-order valence-corrected chi connectivity index (χ4v) is 1.53. The van der Waals surface area contributed by atoms with Crippen LogP contribution in [0.5, 0.6) is 0 Å². The number of rotatable bonds is 8. The first-order valence-electron chi connectivity index (χ1n) is 6.99. The van der Waals surface area contributed by atoms with Gasteiger partial charge < -0.3 is 20.1 Å². The summed E-state index contributed by atoms with van der Waals surface area (Å²) in [6, 6.07) is -0.358. The molecule has 0 rings (SSSR count). The van der Waals surface area contributed by atoms with E-state index >= 15 is 0 Å². The molecule has 0 spiro atoms. The van der Waals surface area contributed by atoms with Crippen molar-refractivity contribution in [2.24, 2.45) is 5.92 Å². The Bertz CT molecular complexity index is 311. The van der Waals surface area contributed by atoms with Crippen molar-refractivity contribution < 1.29 is 19.4 Å². The van der Waals surface area contributed by atoms with Gasteiger partial charge in [0.2, 0.25) is 0 Å². The van der Waals surface area contributed by atoms with E-state index in [1.165, 1.54) is 4.90 Å². The molecule has 0 bridgehead atoms. The summed E-state index contributed by atoms with van der Waals surface area (Å²) in [5.74, 6) is -0.521. The Morgan fingerprint density at radius 1 is 1.30 bits per heavy atom. The molecule has 2 amide bonds. The topological polar surface area (TPSA) is 78.9 Å². The van der Waals surface area contributed by atoms with E-state index in [1.807, 2.05) is 0 Å². The molecule has 0 unspecified atom stereocenters. The van der Waals surface area contributed by atoms with Crippen LogP contribution in [0.15, 0.2) is 0 Å². The number of carbonyl (C=O) groups is 2. The van der Waals surface area contributed by atoms with Gasteiger partial charge >= 0.3 is 12.0 Å². The van der Waals surface area contributed by atoms with Crippen molar-refractivity contribution in [3.8, 4) is 0 Å². The monoisotopic (exact) mass is 288 g/mol. The number of aliphatic carboxylic acids is 1. The molecule has 0 heterocycles. The first-order chi connectivity index (χ1) is 9.14. The molecule has 6 heteroatoms. The zero-order chi connectivity index (χ0) is 15.8. The zero-order valence-corrected chi connectivity index (χ0v) is 13.2. The van der Waals surface area contributed by atoms with Gasteiger partial charge in [-0.15, -0.1) is 0 Å². The van der Waals surface area contributed by atoms with E-state index < -0.39 is 11.5 Å². The Morgan fingerprint density at radius 3 is 2.35 bits per heavy atom. The molecular formula is C14H28N2O4. The summed E-state index contributed by atoms with van der Waals surface area (Å²) in [5, 5.41) is 11.6. The van der Waals surface area contributed by atoms with Gasteiger partial charge in [0, 0.05) is 25.3 Å². The van der Waals surface area contributed by atoms with Crippen molar-refractivity contribution in [1.82, 2.24) is 10.2 Å². The van der Waals surface area contributed by atoms with Crippen molar-refractivity contribution in [2.45, 2.75) is 46.6 Å². The molecule has 0 aliphatic heterocycles. The number of hydrogen-bond acceptors (Lipinski definition) is 3. The fraction of sp³-hybridized carbons (Fsp3) is 0.857. The highest BCUT2D eigenvalue weighted by Crippen LogP contribution is 2.12. The van der Waals surface area contributed by atoms with E-state index in [0.29, 0.717) is 32.1 Å². The highest BCUT2D eigenvalue weighted by Gasteiger charge is 2.27. The van der Waals surface area contributed by atoms with Gasteiger partial charge in [0.15, 0.2) is 0 Å². The number of urea groups is 1. The first kappa shape index (κ1) is 18.7. The van der Waals surface area contributed by atoms with E-state index in [0.717, 1.165) is 0 Å². The van der Waals surface area contributed by atoms with Gasteiger partial charge in [0.1, 0.15) is 6.54 Å². The molecule has 0 saturated heterocycles. The predicted molar refractivity (Wildman–Crippen MR) is 77.8 cm³/mol. The van der Waals surface area contributed by atoms with Crippen LogP contribution in [0, 0.1) is 5.92 Å². The van der Waals surface area contributed by atoms with Crippen LogP contribution in [0.1, 0.15) is 41.0 Å². The summed E-state index contributed by atoms with van der Waals surface area (Å²) in [6.45, 7) is 11.0. The Morgan fingerprint density at radius 2 is 1.90 bits per heavy atom. The largest absolute Gasteiger partial charge is 0.480 e. The van der Waals surface area contributed by atoms with Gasteiger partial charge in [-0.1, -0.05) is 13.8 Å². The second-order valence-corrected chi connectivity index (χ2v) is 6.20. The van der Waals surface area contributed by atoms with Gasteiger partial charge in [0.05, 0.1) is 0 Å². The predicted octanol–water partition coefficient (Wildman–Crippen LogP) is 1.94. The lowest BCUT2D eigenvalue weighted by molar-refractivity contribution is -0.138. The molecule has 0 aliphatic carbocycles. The lowest BCUT2D eigenvalue weighted by Gasteiger charge is -2.34. The van der Waals surface area contributed by atoms with Crippen molar-refractivity contribution >= 4 is 12.0 Å². The molecule has 0 aromatic carbocycles. The number of amides is 2. The normalized spacial score (nSPS) is 11.5. The second kappa shape index (κ2) is 8.79. The Kier molecular flexibility index (Phi) is 8.22. The summed E-state index contributed by atoms with van der Waals surface area (Å²) in [4.78, 5) is 24.1. The summed E-state index contributed by atoms with van der Waals surface area (Å²) in [7, 11) is 0. The standard InChI is InChI=1S/C14H28N2O4/c1-11(2)10-20-8-6-7-15-13(19)16(9-12(17)18)14(3,4)5/h11H,6-10H2,1-5H3,(H,15,19)(H,17,18). The minimum absolute atomic E-state index is 0.306. The van der Waals surface area contributed by atoms with Crippen molar-refractivity contribution in [2.75, 3.05) is 26.3 Å². The van der Waals surface area contributed by atoms with E-state index in [4.69, 9.17) is 9.84 Å². The maximum Gasteiger partial charge on any atom is 0.323 e. The maximum atomic E-state index is 12.0. The number of carboxylic acids is 1.